The van der Waals surface area contributed by atoms with Crippen molar-refractivity contribution < 1.29 is 5.11 Å². The molecule has 1 unspecified atom stereocenters. The molecule has 0 amide bonds. The Kier molecular flexibility index (Phi) is 7.52. The molecule has 0 bridgehead atoms. The van der Waals surface area contributed by atoms with E-state index in [9.17, 15) is 5.11 Å². The monoisotopic (exact) mass is 406 g/mol. The van der Waals surface area contributed by atoms with E-state index in [-0.39, 0.29) is 0 Å². The molecule has 1 aliphatic rings. The van der Waals surface area contributed by atoms with E-state index in [0.29, 0.717) is 10.9 Å². The van der Waals surface area contributed by atoms with Gasteiger partial charge in [-0.2, -0.15) is 0 Å². The maximum Gasteiger partial charge on any atom is 0.191 e. The molecule has 7 heteroatoms. The summed E-state index contributed by atoms with van der Waals surface area (Å²) in [5.41, 5.74) is 2.90. The van der Waals surface area contributed by atoms with Crippen LogP contribution in [0.25, 0.3) is 0 Å². The quantitative estimate of drug-likeness (QED) is 0.488. The smallest absolute Gasteiger partial charge is 0.191 e. The molecule has 1 aromatic heterocycles. The van der Waals surface area contributed by atoms with E-state index in [0.717, 1.165) is 50.0 Å². The van der Waals surface area contributed by atoms with E-state index >= 15 is 0 Å². The summed E-state index contributed by atoms with van der Waals surface area (Å²) in [7, 11) is 0. The van der Waals surface area contributed by atoms with E-state index < -0.39 is 6.10 Å². The summed E-state index contributed by atoms with van der Waals surface area (Å²) in [5.74, 6) is 0.733. The van der Waals surface area contributed by atoms with Crippen molar-refractivity contribution in [1.82, 2.24) is 15.5 Å². The molecule has 0 aliphatic carbocycles. The Morgan fingerprint density at radius 1 is 1.26 bits per heavy atom. The Morgan fingerprint density at radius 2 is 2.07 bits per heavy atom. The number of fused-ring (bicyclic) bond motifs is 1. The summed E-state index contributed by atoms with van der Waals surface area (Å²) in [4.78, 5) is 7.81. The fourth-order valence-electron chi connectivity index (χ4n) is 3.19. The third-order valence-electron chi connectivity index (χ3n) is 4.62. The largest absolute Gasteiger partial charge is 0.386 e. The van der Waals surface area contributed by atoms with Gasteiger partial charge < -0.3 is 15.7 Å². The highest BCUT2D eigenvalue weighted by molar-refractivity contribution is 7.16. The van der Waals surface area contributed by atoms with Crippen LogP contribution in [0.5, 0.6) is 0 Å². The van der Waals surface area contributed by atoms with Crippen molar-refractivity contribution in [2.45, 2.75) is 26.0 Å². The Balaban J connectivity index is 1.47. The number of benzene rings is 1. The molecular weight excluding hydrogens is 380 g/mol. The van der Waals surface area contributed by atoms with Crippen molar-refractivity contribution in [3.63, 3.8) is 0 Å². The highest BCUT2D eigenvalue weighted by Crippen LogP contribution is 2.26. The zero-order chi connectivity index (χ0) is 19.1. The molecule has 0 fully saturated rings. The molecule has 3 rings (SSSR count). The molecule has 3 N–H and O–H groups in total. The predicted molar refractivity (Wildman–Crippen MR) is 114 cm³/mol. The lowest BCUT2D eigenvalue weighted by Crippen LogP contribution is -2.42. The lowest BCUT2D eigenvalue weighted by atomic mass is 10.00. The Morgan fingerprint density at radius 3 is 2.81 bits per heavy atom. The van der Waals surface area contributed by atoms with Gasteiger partial charge in [-0.1, -0.05) is 35.9 Å². The maximum atomic E-state index is 10.3. The second-order valence-corrected chi connectivity index (χ2v) is 8.35. The van der Waals surface area contributed by atoms with Crippen LogP contribution in [0.15, 0.2) is 41.4 Å². The molecular formula is C20H27ClN4OS. The van der Waals surface area contributed by atoms with Crippen LogP contribution in [-0.2, 0) is 13.0 Å². The number of guanidine groups is 1. The van der Waals surface area contributed by atoms with Gasteiger partial charge in [0.2, 0.25) is 0 Å². The molecule has 1 atom stereocenters. The predicted octanol–water partition coefficient (Wildman–Crippen LogP) is 3.05. The topological polar surface area (TPSA) is 59.9 Å². The van der Waals surface area contributed by atoms with Crippen LogP contribution in [0.2, 0.25) is 4.34 Å². The van der Waals surface area contributed by atoms with Gasteiger partial charge in [0.05, 0.1) is 10.9 Å². The number of thiophene rings is 1. The van der Waals surface area contributed by atoms with Gasteiger partial charge in [-0.15, -0.1) is 11.3 Å². The summed E-state index contributed by atoms with van der Waals surface area (Å²) in [6.07, 6.45) is 0.483. The highest BCUT2D eigenvalue weighted by Gasteiger charge is 2.15. The van der Waals surface area contributed by atoms with Gasteiger partial charge in [-0.05, 0) is 36.6 Å². The van der Waals surface area contributed by atoms with Crippen LogP contribution < -0.4 is 10.6 Å². The van der Waals surface area contributed by atoms with Gasteiger partial charge in [0.1, 0.15) is 6.10 Å². The van der Waals surface area contributed by atoms with Crippen molar-refractivity contribution in [3.05, 3.63) is 56.7 Å². The van der Waals surface area contributed by atoms with Crippen molar-refractivity contribution >= 4 is 28.9 Å². The average Bonchev–Trinajstić information content (AvgIpc) is 3.12. The maximum absolute atomic E-state index is 10.3. The number of hydrogen-bond acceptors (Lipinski definition) is 4. The summed E-state index contributed by atoms with van der Waals surface area (Å²) in [6.45, 7) is 6.99. The van der Waals surface area contributed by atoms with Gasteiger partial charge in [-0.3, -0.25) is 9.89 Å². The third-order valence-corrected chi connectivity index (χ3v) is 5.95. The summed E-state index contributed by atoms with van der Waals surface area (Å²) >= 11 is 7.32. The van der Waals surface area contributed by atoms with Crippen molar-refractivity contribution in [2.75, 3.05) is 32.7 Å². The van der Waals surface area contributed by atoms with Gasteiger partial charge in [0.15, 0.2) is 5.96 Å². The van der Waals surface area contributed by atoms with Crippen molar-refractivity contribution in [1.29, 1.82) is 0 Å². The second kappa shape index (κ2) is 10.1. The lowest BCUT2D eigenvalue weighted by Gasteiger charge is -2.28. The highest BCUT2D eigenvalue weighted by atomic mass is 35.5. The van der Waals surface area contributed by atoms with E-state index in [1.165, 1.54) is 22.5 Å². The Bertz CT molecular complexity index is 764. The van der Waals surface area contributed by atoms with Crippen LogP contribution in [0, 0.1) is 0 Å². The minimum Gasteiger partial charge on any atom is -0.386 e. The molecule has 0 saturated heterocycles. The Labute approximate surface area is 170 Å². The molecule has 2 heterocycles. The third kappa shape index (κ3) is 5.94. The molecule has 2 aromatic rings. The first-order valence-electron chi connectivity index (χ1n) is 9.40. The van der Waals surface area contributed by atoms with Crippen molar-refractivity contribution in [2.24, 2.45) is 4.99 Å². The average molecular weight is 407 g/mol. The van der Waals surface area contributed by atoms with Crippen molar-refractivity contribution in [3.8, 4) is 0 Å². The molecule has 0 radical (unpaired) electrons. The van der Waals surface area contributed by atoms with Crippen LogP contribution >= 0.6 is 22.9 Å². The number of aliphatic imine (C=N–C) groups is 1. The summed E-state index contributed by atoms with van der Waals surface area (Å²) in [5, 5.41) is 16.9. The van der Waals surface area contributed by atoms with Crippen LogP contribution in [-0.4, -0.2) is 48.7 Å². The first kappa shape index (κ1) is 20.1. The van der Waals surface area contributed by atoms with Crippen LogP contribution in [0.1, 0.15) is 29.0 Å². The minimum atomic E-state index is -0.628. The standard InChI is InChI=1S/C20H27ClN4OS/c1-2-22-20(24-13-17(26)18-7-8-19(21)27-18)23-10-12-25-11-9-15-5-3-4-6-16(15)14-25/h3-8,17,26H,2,9-14H2,1H3,(H2,22,23,24). The number of nitrogens with one attached hydrogen (secondary N) is 2. The number of nitrogens with zero attached hydrogens (tertiary/aromatic N) is 2. The van der Waals surface area contributed by atoms with E-state index in [1.807, 2.05) is 13.0 Å². The van der Waals surface area contributed by atoms with E-state index in [2.05, 4.69) is 44.8 Å². The van der Waals surface area contributed by atoms with Crippen LogP contribution in [0.4, 0.5) is 0 Å². The second-order valence-electron chi connectivity index (χ2n) is 6.60. The number of aliphatic hydroxyl groups excluding tert-OH is 1. The molecule has 0 spiro atoms. The molecule has 1 aromatic carbocycles. The molecule has 146 valence electrons. The molecule has 1 aliphatic heterocycles. The lowest BCUT2D eigenvalue weighted by molar-refractivity contribution is 0.191. The van der Waals surface area contributed by atoms with Gasteiger partial charge >= 0.3 is 0 Å². The number of halogens is 1. The number of rotatable bonds is 7. The Hall–Kier alpha value is -1.60. The normalized spacial score (nSPS) is 16.0. The summed E-state index contributed by atoms with van der Waals surface area (Å²) < 4.78 is 0.682. The summed E-state index contributed by atoms with van der Waals surface area (Å²) in [6, 6.07) is 12.3. The fourth-order valence-corrected chi connectivity index (χ4v) is 4.23. The molecule has 0 saturated carbocycles. The SMILES string of the molecule is CCNC(=NCC(O)c1ccc(Cl)s1)NCCN1CCc2ccccc2C1. The zero-order valence-corrected chi connectivity index (χ0v) is 17.2. The zero-order valence-electron chi connectivity index (χ0n) is 15.6. The first-order chi connectivity index (χ1) is 13.2. The van der Waals surface area contributed by atoms with Crippen LogP contribution in [0.3, 0.4) is 0 Å². The number of hydrogen-bond donors (Lipinski definition) is 3. The molecule has 27 heavy (non-hydrogen) atoms. The number of aliphatic hydroxyl groups is 1. The van der Waals surface area contributed by atoms with E-state index in [4.69, 9.17) is 11.6 Å². The van der Waals surface area contributed by atoms with E-state index in [1.54, 1.807) is 6.07 Å². The minimum absolute atomic E-state index is 0.309. The first-order valence-corrected chi connectivity index (χ1v) is 10.6. The molecule has 5 nitrogen and oxygen atoms in total. The van der Waals surface area contributed by atoms with Gasteiger partial charge in [-0.25, -0.2) is 0 Å². The van der Waals surface area contributed by atoms with Gasteiger partial charge in [0.25, 0.3) is 0 Å². The van der Waals surface area contributed by atoms with Gasteiger partial charge in [0, 0.05) is 37.6 Å². The fraction of sp³-hybridized carbons (Fsp3) is 0.450.